The quantitative estimate of drug-likeness (QED) is 0.583. The number of imidazole rings is 1. The van der Waals surface area contributed by atoms with E-state index in [-0.39, 0.29) is 53.7 Å². The number of nitrogens with zero attached hydrogens (tertiary/aromatic N) is 1. The smallest absolute Gasteiger partial charge is 0.320 e. The maximum Gasteiger partial charge on any atom is 0.320 e. The van der Waals surface area contributed by atoms with Crippen LogP contribution in [0.1, 0.15) is 12.8 Å². The zero-order valence-electron chi connectivity index (χ0n) is 8.46. The molecule has 1 rings (SSSR count). The minimum Gasteiger partial charge on any atom is -0.481 e. The number of aromatic amines is 1. The molecule has 0 spiro atoms. The van der Waals surface area contributed by atoms with Gasteiger partial charge in [-0.15, -0.1) is 0 Å². The van der Waals surface area contributed by atoms with Gasteiger partial charge in [-0.2, -0.15) is 0 Å². The van der Waals surface area contributed by atoms with E-state index in [0.717, 1.165) is 0 Å². The Balaban J connectivity index is 0. The maximum absolute atomic E-state index is 9.99. The molecule has 0 aliphatic heterocycles. The van der Waals surface area contributed by atoms with Crippen molar-refractivity contribution in [2.24, 2.45) is 5.73 Å². The van der Waals surface area contributed by atoms with E-state index in [2.05, 4.69) is 9.97 Å². The third-order valence-electron chi connectivity index (χ3n) is 1.39. The van der Waals surface area contributed by atoms with Crippen LogP contribution in [0, 0.1) is 40.8 Å². The summed E-state index contributed by atoms with van der Waals surface area (Å²) in [6.45, 7) is 0. The number of nitrogens with one attached hydrogen (secondary N) is 1. The number of carboxylic acids is 2. The number of nitrogens with two attached hydrogens (primary N) is 1. The molecule has 7 nitrogen and oxygen atoms in total. The third kappa shape index (κ3) is 11.5. The minimum absolute atomic E-state index is 0. The number of hydrogen-bond donors (Lipinski definition) is 4. The number of H-pyrrole nitrogens is 1. The number of carbonyl (C=O) groups is 2. The normalized spacial score (nSPS) is 10.3. The van der Waals surface area contributed by atoms with Gasteiger partial charge in [0.2, 0.25) is 0 Å². The van der Waals surface area contributed by atoms with E-state index in [1.807, 2.05) is 0 Å². The topological polar surface area (TPSA) is 129 Å². The molecular formula is C8H13N3NdO4. The van der Waals surface area contributed by atoms with Gasteiger partial charge in [-0.1, -0.05) is 0 Å². The van der Waals surface area contributed by atoms with Crippen molar-refractivity contribution in [1.82, 2.24) is 9.97 Å². The summed E-state index contributed by atoms with van der Waals surface area (Å²) in [7, 11) is 0. The Morgan fingerprint density at radius 2 is 2.06 bits per heavy atom. The first-order valence-electron chi connectivity index (χ1n) is 4.17. The molecule has 0 bridgehead atoms. The molecule has 0 fully saturated rings. The van der Waals surface area contributed by atoms with Crippen LogP contribution in [0.4, 0.5) is 0 Å². The van der Waals surface area contributed by atoms with Crippen molar-refractivity contribution in [1.29, 1.82) is 0 Å². The number of carboxylic acid groups (broad SMARTS) is 2. The summed E-state index contributed by atoms with van der Waals surface area (Å²) in [6, 6.07) is -1.06. The van der Waals surface area contributed by atoms with Crippen LogP contribution in [0.2, 0.25) is 0 Å². The largest absolute Gasteiger partial charge is 0.481 e. The molecule has 1 aromatic rings. The molecule has 0 amide bonds. The predicted octanol–water partition coefficient (Wildman–Crippen LogP) is -0.327. The van der Waals surface area contributed by atoms with Crippen molar-refractivity contribution < 1.29 is 60.6 Å². The summed E-state index contributed by atoms with van der Waals surface area (Å²) < 4.78 is 0. The first-order valence-corrected chi connectivity index (χ1v) is 4.17. The maximum atomic E-state index is 9.99. The van der Waals surface area contributed by atoms with Gasteiger partial charge in [0.15, 0.2) is 0 Å². The first-order chi connectivity index (χ1) is 7.04. The monoisotopic (exact) mass is 357 g/mol. The van der Waals surface area contributed by atoms with Gasteiger partial charge < -0.3 is 20.9 Å². The van der Waals surface area contributed by atoms with Crippen molar-refractivity contribution in [3.63, 3.8) is 0 Å². The van der Waals surface area contributed by atoms with Crippen LogP contribution in [0.15, 0.2) is 18.7 Å². The van der Waals surface area contributed by atoms with Gasteiger partial charge in [0.1, 0.15) is 6.04 Å². The van der Waals surface area contributed by atoms with Gasteiger partial charge in [-0.3, -0.25) is 9.59 Å². The Morgan fingerprint density at radius 1 is 1.44 bits per heavy atom. The van der Waals surface area contributed by atoms with E-state index < -0.39 is 18.0 Å². The third-order valence-corrected chi connectivity index (χ3v) is 1.39. The fraction of sp³-hybridized carbons (Fsp3) is 0.375. The molecule has 1 atom stereocenters. The van der Waals surface area contributed by atoms with Gasteiger partial charge in [0.25, 0.3) is 0 Å². The fourth-order valence-electron chi connectivity index (χ4n) is 0.618. The Morgan fingerprint density at radius 3 is 2.31 bits per heavy atom. The average Bonchev–Trinajstić information content (AvgIpc) is 2.71. The van der Waals surface area contributed by atoms with Gasteiger partial charge >= 0.3 is 11.9 Å². The van der Waals surface area contributed by atoms with Gasteiger partial charge in [-0.05, 0) is 6.42 Å². The summed E-state index contributed by atoms with van der Waals surface area (Å²) >= 11 is 0. The van der Waals surface area contributed by atoms with Crippen LogP contribution in [0.25, 0.3) is 0 Å². The van der Waals surface area contributed by atoms with Crippen LogP contribution in [0.3, 0.4) is 0 Å². The molecule has 8 heteroatoms. The van der Waals surface area contributed by atoms with Crippen molar-refractivity contribution in [3.8, 4) is 0 Å². The van der Waals surface area contributed by atoms with Crippen LogP contribution >= 0.6 is 0 Å². The molecule has 16 heavy (non-hydrogen) atoms. The zero-order valence-corrected chi connectivity index (χ0v) is 11.7. The number of aliphatic carboxylic acids is 2. The molecule has 1 aromatic heterocycles. The summed E-state index contributed by atoms with van der Waals surface area (Å²) in [5.74, 6) is -2.20. The second kappa shape index (κ2) is 11.0. The molecule has 0 saturated heterocycles. The molecular weight excluding hydrogens is 346 g/mol. The van der Waals surface area contributed by atoms with Crippen molar-refractivity contribution in [3.05, 3.63) is 18.7 Å². The fourth-order valence-corrected chi connectivity index (χ4v) is 0.618. The minimum atomic E-state index is -1.17. The summed E-state index contributed by atoms with van der Waals surface area (Å²) in [5.41, 5.74) is 5.00. The second-order valence-corrected chi connectivity index (χ2v) is 2.64. The average molecular weight is 359 g/mol. The van der Waals surface area contributed by atoms with Crippen LogP contribution in [-0.4, -0.2) is 38.2 Å². The van der Waals surface area contributed by atoms with E-state index >= 15 is 0 Å². The SMILES string of the molecule is NC(CCC(=O)O)C(=O)O.[Nd].c1c[nH]cn1. The summed E-state index contributed by atoms with van der Waals surface area (Å²) in [4.78, 5) is 26.3. The van der Waals surface area contributed by atoms with E-state index in [1.54, 1.807) is 18.7 Å². The molecule has 0 aliphatic carbocycles. The Kier molecular flexibility index (Phi) is 12.2. The molecule has 5 N–H and O–H groups in total. The molecule has 0 radical (unpaired) electrons. The van der Waals surface area contributed by atoms with Crippen molar-refractivity contribution in [2.75, 3.05) is 0 Å². The first kappa shape index (κ1) is 17.8. The zero-order chi connectivity index (χ0) is 11.7. The van der Waals surface area contributed by atoms with Crippen molar-refractivity contribution in [2.45, 2.75) is 18.9 Å². The van der Waals surface area contributed by atoms with Crippen LogP contribution in [0.5, 0.6) is 0 Å². The van der Waals surface area contributed by atoms with E-state index in [9.17, 15) is 9.59 Å². The van der Waals surface area contributed by atoms with Gasteiger partial charge in [0, 0.05) is 59.7 Å². The number of rotatable bonds is 4. The van der Waals surface area contributed by atoms with Crippen molar-refractivity contribution >= 4 is 11.9 Å². The number of aromatic nitrogens is 2. The Labute approximate surface area is 125 Å². The molecule has 88 valence electrons. The van der Waals surface area contributed by atoms with Crippen LogP contribution < -0.4 is 5.73 Å². The Bertz CT molecular complexity index is 274. The summed E-state index contributed by atoms with van der Waals surface area (Å²) in [6.07, 6.45) is 4.86. The second-order valence-electron chi connectivity index (χ2n) is 2.64. The molecule has 1 heterocycles. The molecule has 1 unspecified atom stereocenters. The van der Waals surface area contributed by atoms with Gasteiger partial charge in [-0.25, -0.2) is 4.98 Å². The van der Waals surface area contributed by atoms with E-state index in [4.69, 9.17) is 15.9 Å². The molecule has 0 saturated carbocycles. The standard InChI is InChI=1S/C5H9NO4.C3H4N2.Nd/c6-3(5(9)10)1-2-4(7)8;1-2-5-3-4-1;/h3H,1-2,6H2,(H,7,8)(H,9,10);1-3H,(H,4,5);. The molecule has 0 aromatic carbocycles. The van der Waals surface area contributed by atoms with Crippen LogP contribution in [-0.2, 0) is 9.59 Å². The predicted molar refractivity (Wildman–Crippen MR) is 51.1 cm³/mol. The van der Waals surface area contributed by atoms with E-state index in [1.165, 1.54) is 0 Å². The molecule has 0 aliphatic rings. The van der Waals surface area contributed by atoms with Gasteiger partial charge in [0.05, 0.1) is 6.33 Å². The summed E-state index contributed by atoms with van der Waals surface area (Å²) in [5, 5.41) is 16.3. The number of hydrogen-bond acceptors (Lipinski definition) is 4. The van der Waals surface area contributed by atoms with E-state index in [0.29, 0.717) is 0 Å². The Hall–Kier alpha value is -0.539.